The third-order valence-corrected chi connectivity index (χ3v) is 4.21. The number of amides is 1. The number of carbonyl (C=O) groups is 1. The maximum atomic E-state index is 12.2. The number of carbonyl (C=O) groups excluding carboxylic acids is 1. The molecule has 1 amide bonds. The van der Waals surface area contributed by atoms with Crippen LogP contribution in [0.5, 0.6) is 5.75 Å². The van der Waals surface area contributed by atoms with Crippen LogP contribution in [-0.2, 0) is 4.79 Å². The van der Waals surface area contributed by atoms with Crippen molar-refractivity contribution in [1.29, 1.82) is 0 Å². The van der Waals surface area contributed by atoms with Gasteiger partial charge in [-0.05, 0) is 44.4 Å². The van der Waals surface area contributed by atoms with Gasteiger partial charge >= 0.3 is 0 Å². The second-order valence-corrected chi connectivity index (χ2v) is 5.87. The molecule has 1 aliphatic rings. The number of nitrogens with one attached hydrogen (secondary N) is 2. The maximum absolute atomic E-state index is 12.2. The standard InChI is InChI=1S/C17H26N2O2/c1-12(14-8-10-16(21-3)11-9-14)18-13(2)17(20)19-15-6-4-5-7-15/h8-13,15,18H,4-7H2,1-3H3,(H,19,20). The zero-order chi connectivity index (χ0) is 15.2. The van der Waals surface area contributed by atoms with Gasteiger partial charge in [-0.3, -0.25) is 10.1 Å². The highest BCUT2D eigenvalue weighted by atomic mass is 16.5. The normalized spacial score (nSPS) is 18.2. The molecule has 0 bridgehead atoms. The molecule has 4 nitrogen and oxygen atoms in total. The molecule has 4 heteroatoms. The van der Waals surface area contributed by atoms with Crippen LogP contribution < -0.4 is 15.4 Å². The van der Waals surface area contributed by atoms with Gasteiger partial charge in [-0.25, -0.2) is 0 Å². The van der Waals surface area contributed by atoms with Gasteiger partial charge in [0.2, 0.25) is 5.91 Å². The summed E-state index contributed by atoms with van der Waals surface area (Å²) in [4.78, 5) is 12.2. The Balaban J connectivity index is 1.84. The third kappa shape index (κ3) is 4.46. The van der Waals surface area contributed by atoms with Crippen LogP contribution in [0.15, 0.2) is 24.3 Å². The van der Waals surface area contributed by atoms with Crippen molar-refractivity contribution >= 4 is 5.91 Å². The molecular weight excluding hydrogens is 264 g/mol. The first-order valence-electron chi connectivity index (χ1n) is 7.80. The number of methoxy groups -OCH3 is 1. The maximum Gasteiger partial charge on any atom is 0.237 e. The molecule has 0 radical (unpaired) electrons. The van der Waals surface area contributed by atoms with Gasteiger partial charge in [-0.15, -0.1) is 0 Å². The Bertz CT molecular complexity index is 452. The highest BCUT2D eigenvalue weighted by Gasteiger charge is 2.21. The van der Waals surface area contributed by atoms with Crippen LogP contribution in [0.1, 0.15) is 51.1 Å². The lowest BCUT2D eigenvalue weighted by Gasteiger charge is -2.22. The van der Waals surface area contributed by atoms with Crippen LogP contribution in [0.4, 0.5) is 0 Å². The minimum Gasteiger partial charge on any atom is -0.497 e. The van der Waals surface area contributed by atoms with Crippen LogP contribution in [0.25, 0.3) is 0 Å². The molecule has 1 saturated carbocycles. The molecule has 2 N–H and O–H groups in total. The van der Waals surface area contributed by atoms with Gasteiger partial charge in [0.1, 0.15) is 5.75 Å². The van der Waals surface area contributed by atoms with E-state index in [9.17, 15) is 4.79 Å². The summed E-state index contributed by atoms with van der Waals surface area (Å²) in [5, 5.41) is 6.49. The van der Waals surface area contributed by atoms with Crippen LogP contribution in [0.2, 0.25) is 0 Å². The number of rotatable bonds is 6. The van der Waals surface area contributed by atoms with Gasteiger partial charge < -0.3 is 10.1 Å². The lowest BCUT2D eigenvalue weighted by molar-refractivity contribution is -0.123. The van der Waals surface area contributed by atoms with E-state index in [0.717, 1.165) is 24.2 Å². The van der Waals surface area contributed by atoms with Gasteiger partial charge in [0.05, 0.1) is 13.2 Å². The number of benzene rings is 1. The molecule has 2 atom stereocenters. The van der Waals surface area contributed by atoms with Crippen LogP contribution in [-0.4, -0.2) is 25.1 Å². The molecule has 2 unspecified atom stereocenters. The SMILES string of the molecule is COc1ccc(C(C)NC(C)C(=O)NC2CCCC2)cc1. The van der Waals surface area contributed by atoms with Crippen molar-refractivity contribution in [3.63, 3.8) is 0 Å². The molecule has 116 valence electrons. The van der Waals surface area contributed by atoms with Crippen molar-refractivity contribution < 1.29 is 9.53 Å². The first kappa shape index (κ1) is 15.8. The van der Waals surface area contributed by atoms with Crippen molar-refractivity contribution in [3.05, 3.63) is 29.8 Å². The van der Waals surface area contributed by atoms with E-state index < -0.39 is 0 Å². The van der Waals surface area contributed by atoms with Crippen molar-refractivity contribution in [2.45, 2.75) is 57.7 Å². The zero-order valence-corrected chi connectivity index (χ0v) is 13.2. The molecule has 0 heterocycles. The number of hydrogen-bond acceptors (Lipinski definition) is 3. The summed E-state index contributed by atoms with van der Waals surface area (Å²) in [5.41, 5.74) is 1.15. The predicted molar refractivity (Wildman–Crippen MR) is 84.4 cm³/mol. The van der Waals surface area contributed by atoms with Gasteiger partial charge in [0.15, 0.2) is 0 Å². The highest BCUT2D eigenvalue weighted by molar-refractivity contribution is 5.81. The van der Waals surface area contributed by atoms with E-state index in [4.69, 9.17) is 4.74 Å². The Kier molecular flexibility index (Phi) is 5.62. The molecule has 1 fully saturated rings. The molecule has 1 aromatic rings. The third-order valence-electron chi connectivity index (χ3n) is 4.21. The van der Waals surface area contributed by atoms with E-state index in [2.05, 4.69) is 17.6 Å². The summed E-state index contributed by atoms with van der Waals surface area (Å²) >= 11 is 0. The van der Waals surface area contributed by atoms with Crippen molar-refractivity contribution in [2.24, 2.45) is 0 Å². The van der Waals surface area contributed by atoms with E-state index in [-0.39, 0.29) is 18.0 Å². The first-order valence-corrected chi connectivity index (χ1v) is 7.80. The Morgan fingerprint density at radius 1 is 1.19 bits per heavy atom. The largest absolute Gasteiger partial charge is 0.497 e. The van der Waals surface area contributed by atoms with Crippen LogP contribution in [0, 0.1) is 0 Å². The number of ether oxygens (including phenoxy) is 1. The fraction of sp³-hybridized carbons (Fsp3) is 0.588. The van der Waals surface area contributed by atoms with Crippen LogP contribution >= 0.6 is 0 Å². The van der Waals surface area contributed by atoms with Crippen LogP contribution in [0.3, 0.4) is 0 Å². The molecule has 0 aromatic heterocycles. The average Bonchev–Trinajstić information content (AvgIpc) is 3.00. The van der Waals surface area contributed by atoms with Gasteiger partial charge in [0, 0.05) is 12.1 Å². The lowest BCUT2D eigenvalue weighted by Crippen LogP contribution is -2.46. The van der Waals surface area contributed by atoms with E-state index in [1.807, 2.05) is 31.2 Å². The van der Waals surface area contributed by atoms with Gasteiger partial charge in [-0.2, -0.15) is 0 Å². The molecule has 0 saturated heterocycles. The minimum atomic E-state index is -0.192. The fourth-order valence-corrected chi connectivity index (χ4v) is 2.84. The molecular formula is C17H26N2O2. The van der Waals surface area contributed by atoms with E-state index in [1.54, 1.807) is 7.11 Å². The highest BCUT2D eigenvalue weighted by Crippen LogP contribution is 2.19. The topological polar surface area (TPSA) is 50.4 Å². The summed E-state index contributed by atoms with van der Waals surface area (Å²) in [6.07, 6.45) is 4.70. The molecule has 1 aliphatic carbocycles. The first-order chi connectivity index (χ1) is 10.1. The summed E-state index contributed by atoms with van der Waals surface area (Å²) in [7, 11) is 1.66. The Morgan fingerprint density at radius 3 is 2.38 bits per heavy atom. The van der Waals surface area contributed by atoms with Gasteiger partial charge in [-0.1, -0.05) is 25.0 Å². The monoisotopic (exact) mass is 290 g/mol. The van der Waals surface area contributed by atoms with Crippen molar-refractivity contribution in [2.75, 3.05) is 7.11 Å². The quantitative estimate of drug-likeness (QED) is 0.847. The molecule has 21 heavy (non-hydrogen) atoms. The number of hydrogen-bond donors (Lipinski definition) is 2. The van der Waals surface area contributed by atoms with Crippen molar-refractivity contribution in [1.82, 2.24) is 10.6 Å². The Hall–Kier alpha value is -1.55. The second kappa shape index (κ2) is 7.46. The lowest BCUT2D eigenvalue weighted by atomic mass is 10.1. The smallest absolute Gasteiger partial charge is 0.237 e. The van der Waals surface area contributed by atoms with E-state index in [1.165, 1.54) is 12.8 Å². The minimum absolute atomic E-state index is 0.0993. The second-order valence-electron chi connectivity index (χ2n) is 5.87. The van der Waals surface area contributed by atoms with Crippen molar-refractivity contribution in [3.8, 4) is 5.75 Å². The molecule has 0 spiro atoms. The summed E-state index contributed by atoms with van der Waals surface area (Å²) in [6, 6.07) is 8.24. The average molecular weight is 290 g/mol. The van der Waals surface area contributed by atoms with E-state index in [0.29, 0.717) is 6.04 Å². The Morgan fingerprint density at radius 2 is 1.81 bits per heavy atom. The predicted octanol–water partition coefficient (Wildman–Crippen LogP) is 2.79. The fourth-order valence-electron chi connectivity index (χ4n) is 2.84. The summed E-state index contributed by atoms with van der Waals surface area (Å²) < 4.78 is 5.16. The molecule has 1 aromatic carbocycles. The summed E-state index contributed by atoms with van der Waals surface area (Å²) in [5.74, 6) is 0.945. The zero-order valence-electron chi connectivity index (χ0n) is 13.2. The molecule has 0 aliphatic heterocycles. The molecule has 2 rings (SSSR count). The Labute approximate surface area is 127 Å². The van der Waals surface area contributed by atoms with E-state index >= 15 is 0 Å². The summed E-state index contributed by atoms with van der Waals surface area (Å²) in [6.45, 7) is 3.99. The van der Waals surface area contributed by atoms with Gasteiger partial charge in [0.25, 0.3) is 0 Å².